The predicted octanol–water partition coefficient (Wildman–Crippen LogP) is 3.40. The lowest BCUT2D eigenvalue weighted by atomic mass is 10.1. The zero-order chi connectivity index (χ0) is 18.2. The second-order valence-electron chi connectivity index (χ2n) is 6.64. The maximum Gasteiger partial charge on any atom is 0.425 e. The lowest BCUT2D eigenvalue weighted by Crippen LogP contribution is -2.51. The maximum atomic E-state index is 12.4. The van der Waals surface area contributed by atoms with E-state index in [-0.39, 0.29) is 6.61 Å². The minimum atomic E-state index is -0.858. The third-order valence-electron chi connectivity index (χ3n) is 3.27. The summed E-state index contributed by atoms with van der Waals surface area (Å²) in [6.07, 6.45) is 1.33. The number of ether oxygens (including phenoxy) is 2. The summed E-state index contributed by atoms with van der Waals surface area (Å²) in [7, 11) is 0. The molecule has 134 valence electrons. The zero-order valence-electron chi connectivity index (χ0n) is 15.0. The Kier molecular flexibility index (Phi) is 7.71. The van der Waals surface area contributed by atoms with Gasteiger partial charge in [-0.15, -0.1) is 0 Å². The topological polar surface area (TPSA) is 81.9 Å². The number of nitrogens with two attached hydrogens (primary N) is 1. The first-order valence-electron chi connectivity index (χ1n) is 8.22. The molecule has 0 aromatic heterocycles. The van der Waals surface area contributed by atoms with Crippen molar-refractivity contribution >= 4 is 12.1 Å². The number of amides is 1. The third-order valence-corrected chi connectivity index (χ3v) is 3.27. The number of hydrogen-bond donors (Lipinski definition) is 1. The van der Waals surface area contributed by atoms with Crippen LogP contribution in [0, 0.1) is 0 Å². The number of hydrogen-bond acceptors (Lipinski definition) is 5. The highest BCUT2D eigenvalue weighted by atomic mass is 16.6. The van der Waals surface area contributed by atoms with Gasteiger partial charge in [-0.05, 0) is 32.8 Å². The summed E-state index contributed by atoms with van der Waals surface area (Å²) in [6, 6.07) is 8.49. The van der Waals surface area contributed by atoms with Crippen molar-refractivity contribution in [3.8, 4) is 0 Å². The Labute approximate surface area is 143 Å². The van der Waals surface area contributed by atoms with E-state index in [1.54, 1.807) is 20.8 Å². The number of carbonyl (C=O) groups is 2. The molecule has 0 aliphatic carbocycles. The summed E-state index contributed by atoms with van der Waals surface area (Å²) in [4.78, 5) is 24.5. The summed E-state index contributed by atoms with van der Waals surface area (Å²) < 4.78 is 10.5. The summed E-state index contributed by atoms with van der Waals surface area (Å²) in [6.45, 7) is 7.37. The van der Waals surface area contributed by atoms with Crippen LogP contribution in [0.15, 0.2) is 30.3 Å². The van der Waals surface area contributed by atoms with Crippen LogP contribution < -0.4 is 5.84 Å². The second kappa shape index (κ2) is 9.27. The molecule has 0 saturated carbocycles. The minimum absolute atomic E-state index is 0.143. The first-order valence-corrected chi connectivity index (χ1v) is 8.22. The Hall–Kier alpha value is -2.08. The maximum absolute atomic E-state index is 12.4. The first-order chi connectivity index (χ1) is 11.2. The molecule has 0 bridgehead atoms. The monoisotopic (exact) mass is 336 g/mol. The van der Waals surface area contributed by atoms with E-state index < -0.39 is 23.7 Å². The Bertz CT molecular complexity index is 526. The largest absolute Gasteiger partial charge is 0.459 e. The van der Waals surface area contributed by atoms with E-state index in [1.165, 1.54) is 0 Å². The minimum Gasteiger partial charge on any atom is -0.459 e. The molecule has 1 atom stereocenters. The number of nitrogens with zero attached hydrogens (tertiary/aromatic N) is 1. The van der Waals surface area contributed by atoms with Gasteiger partial charge in [0, 0.05) is 0 Å². The van der Waals surface area contributed by atoms with Crippen LogP contribution in [0.25, 0.3) is 0 Å². The molecule has 0 radical (unpaired) electrons. The Morgan fingerprint density at radius 3 is 2.38 bits per heavy atom. The molecule has 1 amide bonds. The number of unbranched alkanes of at least 4 members (excludes halogenated alkanes) is 1. The van der Waals surface area contributed by atoms with Crippen LogP contribution in [-0.4, -0.2) is 28.7 Å². The highest BCUT2D eigenvalue weighted by Gasteiger charge is 2.31. The van der Waals surface area contributed by atoms with Gasteiger partial charge < -0.3 is 9.47 Å². The van der Waals surface area contributed by atoms with Crippen LogP contribution in [0.2, 0.25) is 0 Å². The standard InChI is InChI=1S/C18H28N2O4/c1-5-6-12-15(20(19)17(22)24-18(2,3)4)16(21)23-13-14-10-8-7-9-11-14/h7-11,15H,5-6,12-13,19H2,1-4H3. The molecule has 1 aromatic rings. The number of hydrazine groups is 1. The van der Waals surface area contributed by atoms with Crippen molar-refractivity contribution in [1.82, 2.24) is 5.01 Å². The van der Waals surface area contributed by atoms with Gasteiger partial charge in [-0.3, -0.25) is 0 Å². The Morgan fingerprint density at radius 1 is 1.21 bits per heavy atom. The normalized spacial score (nSPS) is 12.4. The van der Waals surface area contributed by atoms with Crippen molar-refractivity contribution in [2.75, 3.05) is 0 Å². The van der Waals surface area contributed by atoms with Crippen molar-refractivity contribution < 1.29 is 19.1 Å². The van der Waals surface area contributed by atoms with Crippen LogP contribution in [0.4, 0.5) is 4.79 Å². The predicted molar refractivity (Wildman–Crippen MR) is 91.8 cm³/mol. The zero-order valence-corrected chi connectivity index (χ0v) is 15.0. The molecule has 6 heteroatoms. The quantitative estimate of drug-likeness (QED) is 0.357. The second-order valence-corrected chi connectivity index (χ2v) is 6.64. The van der Waals surface area contributed by atoms with Gasteiger partial charge in [-0.25, -0.2) is 20.4 Å². The van der Waals surface area contributed by atoms with E-state index >= 15 is 0 Å². The van der Waals surface area contributed by atoms with Gasteiger partial charge in [0.25, 0.3) is 0 Å². The average Bonchev–Trinajstić information content (AvgIpc) is 2.52. The van der Waals surface area contributed by atoms with Crippen LogP contribution in [-0.2, 0) is 20.9 Å². The molecule has 1 rings (SSSR count). The van der Waals surface area contributed by atoms with Crippen molar-refractivity contribution in [2.24, 2.45) is 5.84 Å². The smallest absolute Gasteiger partial charge is 0.425 e. The van der Waals surface area contributed by atoms with E-state index in [9.17, 15) is 9.59 Å². The van der Waals surface area contributed by atoms with Crippen LogP contribution in [0.3, 0.4) is 0 Å². The summed E-state index contributed by atoms with van der Waals surface area (Å²) in [5.74, 6) is 5.31. The lowest BCUT2D eigenvalue weighted by molar-refractivity contribution is -0.151. The molecule has 0 heterocycles. The molecule has 0 fully saturated rings. The Morgan fingerprint density at radius 2 is 1.83 bits per heavy atom. The molecule has 2 N–H and O–H groups in total. The molecular formula is C18H28N2O4. The average molecular weight is 336 g/mol. The number of esters is 1. The van der Waals surface area contributed by atoms with E-state index in [4.69, 9.17) is 15.3 Å². The van der Waals surface area contributed by atoms with Gasteiger partial charge >= 0.3 is 12.1 Å². The summed E-state index contributed by atoms with van der Waals surface area (Å²) >= 11 is 0. The van der Waals surface area contributed by atoms with Crippen molar-refractivity contribution in [3.05, 3.63) is 35.9 Å². The van der Waals surface area contributed by atoms with E-state index in [2.05, 4.69) is 0 Å². The van der Waals surface area contributed by atoms with E-state index in [1.807, 2.05) is 37.3 Å². The van der Waals surface area contributed by atoms with Gasteiger partial charge in [-0.1, -0.05) is 50.1 Å². The highest BCUT2D eigenvalue weighted by Crippen LogP contribution is 2.14. The number of rotatable bonds is 7. The molecule has 0 spiro atoms. The molecular weight excluding hydrogens is 308 g/mol. The Balaban J connectivity index is 2.71. The SMILES string of the molecule is CCCCC(C(=O)OCc1ccccc1)N(N)C(=O)OC(C)(C)C. The fraction of sp³-hybridized carbons (Fsp3) is 0.556. The van der Waals surface area contributed by atoms with Crippen LogP contribution in [0.1, 0.15) is 52.5 Å². The molecule has 0 aliphatic heterocycles. The van der Waals surface area contributed by atoms with Crippen molar-refractivity contribution in [1.29, 1.82) is 0 Å². The molecule has 1 unspecified atom stereocenters. The first kappa shape index (κ1) is 20.0. The van der Waals surface area contributed by atoms with Gasteiger partial charge in [0.15, 0.2) is 0 Å². The fourth-order valence-electron chi connectivity index (χ4n) is 2.03. The lowest BCUT2D eigenvalue weighted by Gasteiger charge is -2.28. The fourth-order valence-corrected chi connectivity index (χ4v) is 2.03. The van der Waals surface area contributed by atoms with Gasteiger partial charge in [0.1, 0.15) is 18.2 Å². The number of benzene rings is 1. The van der Waals surface area contributed by atoms with Crippen molar-refractivity contribution in [2.45, 2.75) is 65.2 Å². The molecule has 0 saturated heterocycles. The van der Waals surface area contributed by atoms with Gasteiger partial charge in [0.05, 0.1) is 0 Å². The molecule has 0 aliphatic rings. The van der Waals surface area contributed by atoms with Crippen LogP contribution >= 0.6 is 0 Å². The van der Waals surface area contributed by atoms with Gasteiger partial charge in [-0.2, -0.15) is 0 Å². The van der Waals surface area contributed by atoms with Crippen LogP contribution in [0.5, 0.6) is 0 Å². The highest BCUT2D eigenvalue weighted by molar-refractivity contribution is 5.81. The molecule has 6 nitrogen and oxygen atoms in total. The summed E-state index contributed by atoms with van der Waals surface area (Å²) in [5, 5.41) is 0.842. The van der Waals surface area contributed by atoms with Gasteiger partial charge in [0.2, 0.25) is 0 Å². The summed E-state index contributed by atoms with van der Waals surface area (Å²) in [5.41, 5.74) is 0.193. The number of carbonyl (C=O) groups excluding carboxylic acids is 2. The molecule has 1 aromatic carbocycles. The third kappa shape index (κ3) is 7.00. The molecule has 24 heavy (non-hydrogen) atoms. The van der Waals surface area contributed by atoms with Crippen molar-refractivity contribution in [3.63, 3.8) is 0 Å². The van der Waals surface area contributed by atoms with E-state index in [0.29, 0.717) is 6.42 Å². The van der Waals surface area contributed by atoms with E-state index in [0.717, 1.165) is 23.4 Å².